The zero-order chi connectivity index (χ0) is 19.4. The smallest absolute Gasteiger partial charge is 0.246 e. The van der Waals surface area contributed by atoms with E-state index in [9.17, 15) is 4.79 Å². The Morgan fingerprint density at radius 2 is 1.93 bits per heavy atom. The minimum atomic E-state index is 0.106. The van der Waals surface area contributed by atoms with Crippen molar-refractivity contribution in [2.24, 2.45) is 0 Å². The van der Waals surface area contributed by atoms with Gasteiger partial charge in [-0.15, -0.1) is 0 Å². The van der Waals surface area contributed by atoms with E-state index in [1.807, 2.05) is 30.0 Å². The van der Waals surface area contributed by atoms with Gasteiger partial charge in [-0.3, -0.25) is 9.69 Å². The maximum Gasteiger partial charge on any atom is 0.246 e. The summed E-state index contributed by atoms with van der Waals surface area (Å²) in [7, 11) is 0. The Hall–Kier alpha value is -2.01. The van der Waals surface area contributed by atoms with Gasteiger partial charge in [-0.05, 0) is 77.7 Å². The van der Waals surface area contributed by atoms with Crippen LogP contribution in [0.4, 0.5) is 0 Å². The van der Waals surface area contributed by atoms with Crippen molar-refractivity contribution >= 4 is 5.91 Å². The Balaban J connectivity index is 1.64. The van der Waals surface area contributed by atoms with Crippen LogP contribution in [0.3, 0.4) is 0 Å². The molecule has 1 aromatic rings. The first-order valence-electron chi connectivity index (χ1n) is 10.1. The Labute approximate surface area is 162 Å². The average Bonchev–Trinajstić information content (AvgIpc) is 3.32. The van der Waals surface area contributed by atoms with Crippen molar-refractivity contribution in [1.82, 2.24) is 9.80 Å². The molecule has 5 nitrogen and oxygen atoms in total. The van der Waals surface area contributed by atoms with Crippen LogP contribution >= 0.6 is 0 Å². The van der Waals surface area contributed by atoms with Gasteiger partial charge in [0.2, 0.25) is 12.7 Å². The van der Waals surface area contributed by atoms with E-state index in [2.05, 4.69) is 31.7 Å². The molecule has 1 amide bonds. The number of benzene rings is 1. The topological polar surface area (TPSA) is 42.0 Å². The molecular formula is C22H32N2O3. The number of amides is 1. The molecule has 148 valence electrons. The van der Waals surface area contributed by atoms with Crippen LogP contribution in [0, 0.1) is 0 Å². The highest BCUT2D eigenvalue weighted by Crippen LogP contribution is 2.33. The zero-order valence-corrected chi connectivity index (χ0v) is 17.0. The molecule has 2 atom stereocenters. The van der Waals surface area contributed by atoms with Gasteiger partial charge < -0.3 is 14.4 Å². The van der Waals surface area contributed by atoms with Crippen LogP contribution in [0.5, 0.6) is 11.5 Å². The summed E-state index contributed by atoms with van der Waals surface area (Å²) in [6.45, 7) is 11.7. The average molecular weight is 373 g/mol. The number of hydrogen-bond acceptors (Lipinski definition) is 4. The number of rotatable bonds is 7. The second-order valence-electron chi connectivity index (χ2n) is 7.67. The lowest BCUT2D eigenvalue weighted by Crippen LogP contribution is -2.39. The molecule has 5 heteroatoms. The van der Waals surface area contributed by atoms with E-state index in [0.29, 0.717) is 12.6 Å². The van der Waals surface area contributed by atoms with E-state index in [-0.39, 0.29) is 18.7 Å². The predicted molar refractivity (Wildman–Crippen MR) is 107 cm³/mol. The largest absolute Gasteiger partial charge is 0.454 e. The lowest BCUT2D eigenvalue weighted by molar-refractivity contribution is -0.127. The van der Waals surface area contributed by atoms with Crippen LogP contribution in [0.15, 0.2) is 29.8 Å². The van der Waals surface area contributed by atoms with Crippen LogP contribution in [-0.2, 0) is 11.2 Å². The Bertz CT molecular complexity index is 695. The van der Waals surface area contributed by atoms with Gasteiger partial charge in [0.25, 0.3) is 0 Å². The minimum Gasteiger partial charge on any atom is -0.454 e. The molecular weight excluding hydrogens is 340 g/mol. The molecule has 0 spiro atoms. The molecule has 0 bridgehead atoms. The van der Waals surface area contributed by atoms with Crippen molar-refractivity contribution in [2.75, 3.05) is 26.4 Å². The molecule has 1 aromatic carbocycles. The highest BCUT2D eigenvalue weighted by Gasteiger charge is 2.22. The fourth-order valence-electron chi connectivity index (χ4n) is 4.02. The molecule has 2 aliphatic heterocycles. The lowest BCUT2D eigenvalue weighted by Gasteiger charge is -2.29. The molecule has 3 rings (SSSR count). The van der Waals surface area contributed by atoms with Gasteiger partial charge in [-0.25, -0.2) is 0 Å². The Morgan fingerprint density at radius 3 is 2.63 bits per heavy atom. The molecule has 2 unspecified atom stereocenters. The van der Waals surface area contributed by atoms with Gasteiger partial charge in [-0.1, -0.05) is 11.6 Å². The number of carbonyl (C=O) groups is 1. The van der Waals surface area contributed by atoms with Gasteiger partial charge in [0.05, 0.1) is 0 Å². The quantitative estimate of drug-likeness (QED) is 0.686. The lowest BCUT2D eigenvalue weighted by atomic mass is 10.0. The maximum atomic E-state index is 12.9. The molecule has 0 aromatic heterocycles. The van der Waals surface area contributed by atoms with E-state index < -0.39 is 0 Å². The summed E-state index contributed by atoms with van der Waals surface area (Å²) in [4.78, 5) is 17.3. The number of likely N-dealkylation sites (N-methyl/N-ethyl adjacent to an activating group) is 1. The van der Waals surface area contributed by atoms with Gasteiger partial charge in [0.15, 0.2) is 11.5 Å². The molecule has 2 heterocycles. The first-order valence-corrected chi connectivity index (χ1v) is 10.1. The molecule has 1 fully saturated rings. The van der Waals surface area contributed by atoms with E-state index in [0.717, 1.165) is 42.1 Å². The summed E-state index contributed by atoms with van der Waals surface area (Å²) in [5.41, 5.74) is 2.31. The first kappa shape index (κ1) is 19.7. The molecule has 0 aliphatic carbocycles. The monoisotopic (exact) mass is 372 g/mol. The van der Waals surface area contributed by atoms with E-state index in [4.69, 9.17) is 9.47 Å². The summed E-state index contributed by atoms with van der Waals surface area (Å²) in [6, 6.07) is 6.48. The fourth-order valence-corrected chi connectivity index (χ4v) is 4.02. The normalized spacial score (nSPS) is 19.2. The SMILES string of the molecule is CCN(C(=O)/C=C(\C)C(C)N1CCCC1)C(C)Cc1ccc2c(c1)OCO2. The maximum absolute atomic E-state index is 12.9. The van der Waals surface area contributed by atoms with Crippen LogP contribution in [0.25, 0.3) is 0 Å². The fraction of sp³-hybridized carbons (Fsp3) is 0.591. The van der Waals surface area contributed by atoms with Gasteiger partial charge in [0.1, 0.15) is 0 Å². The van der Waals surface area contributed by atoms with Crippen molar-refractivity contribution in [3.63, 3.8) is 0 Å². The second kappa shape index (κ2) is 8.79. The summed E-state index contributed by atoms with van der Waals surface area (Å²) < 4.78 is 10.8. The third-order valence-corrected chi connectivity index (χ3v) is 5.82. The van der Waals surface area contributed by atoms with Crippen molar-refractivity contribution in [3.8, 4) is 11.5 Å². The third-order valence-electron chi connectivity index (χ3n) is 5.82. The van der Waals surface area contributed by atoms with Crippen molar-refractivity contribution < 1.29 is 14.3 Å². The van der Waals surface area contributed by atoms with E-state index in [1.165, 1.54) is 12.8 Å². The minimum absolute atomic E-state index is 0.106. The van der Waals surface area contributed by atoms with Crippen molar-refractivity contribution in [3.05, 3.63) is 35.4 Å². The predicted octanol–water partition coefficient (Wildman–Crippen LogP) is 3.63. The summed E-state index contributed by atoms with van der Waals surface area (Å²) >= 11 is 0. The van der Waals surface area contributed by atoms with Crippen LogP contribution < -0.4 is 9.47 Å². The molecule has 0 saturated carbocycles. The zero-order valence-electron chi connectivity index (χ0n) is 17.0. The van der Waals surface area contributed by atoms with Gasteiger partial charge in [0, 0.05) is 24.7 Å². The van der Waals surface area contributed by atoms with E-state index >= 15 is 0 Å². The third kappa shape index (κ3) is 4.64. The Morgan fingerprint density at radius 1 is 1.22 bits per heavy atom. The number of hydrogen-bond donors (Lipinski definition) is 0. The van der Waals surface area contributed by atoms with Gasteiger partial charge >= 0.3 is 0 Å². The highest BCUT2D eigenvalue weighted by molar-refractivity contribution is 5.88. The van der Waals surface area contributed by atoms with Gasteiger partial charge in [-0.2, -0.15) is 0 Å². The first-order chi connectivity index (χ1) is 13.0. The van der Waals surface area contributed by atoms with Crippen LogP contribution in [0.1, 0.15) is 46.1 Å². The molecule has 27 heavy (non-hydrogen) atoms. The van der Waals surface area contributed by atoms with Crippen molar-refractivity contribution in [2.45, 2.75) is 59.0 Å². The second-order valence-corrected chi connectivity index (χ2v) is 7.67. The molecule has 1 saturated heterocycles. The van der Waals surface area contributed by atoms with Crippen LogP contribution in [0.2, 0.25) is 0 Å². The summed E-state index contributed by atoms with van der Waals surface area (Å²) in [5, 5.41) is 0. The van der Waals surface area contributed by atoms with Crippen molar-refractivity contribution in [1.29, 1.82) is 0 Å². The number of ether oxygens (including phenoxy) is 2. The number of fused-ring (bicyclic) bond motifs is 1. The van der Waals surface area contributed by atoms with E-state index in [1.54, 1.807) is 0 Å². The summed E-state index contributed by atoms with van der Waals surface area (Å²) in [5.74, 6) is 1.70. The Kier molecular flexibility index (Phi) is 6.42. The number of nitrogens with zero attached hydrogens (tertiary/aromatic N) is 2. The molecule has 0 N–H and O–H groups in total. The number of likely N-dealkylation sites (tertiary alicyclic amines) is 1. The molecule has 0 radical (unpaired) electrons. The molecule has 2 aliphatic rings. The van der Waals surface area contributed by atoms with Crippen LogP contribution in [-0.4, -0.2) is 54.2 Å². The standard InChI is InChI=1S/C22H32N2O3/c1-5-24(22(25)12-16(2)18(4)23-10-6-7-11-23)17(3)13-19-8-9-20-21(14-19)27-15-26-20/h8-9,12,14,17-18H,5-7,10-11,13,15H2,1-4H3/b16-12+. The highest BCUT2D eigenvalue weighted by atomic mass is 16.7. The summed E-state index contributed by atoms with van der Waals surface area (Å²) in [6.07, 6.45) is 5.16. The number of carbonyl (C=O) groups excluding carboxylic acids is 1.